The van der Waals surface area contributed by atoms with Gasteiger partial charge in [-0.05, 0) is 30.5 Å². The van der Waals surface area contributed by atoms with Gasteiger partial charge in [0.25, 0.3) is 0 Å². The molecule has 0 radical (unpaired) electrons. The molecule has 1 saturated heterocycles. The number of methoxy groups -OCH3 is 1. The molecule has 1 aromatic carbocycles. The summed E-state index contributed by atoms with van der Waals surface area (Å²) in [6, 6.07) is 5.22. The van der Waals surface area contributed by atoms with Crippen LogP contribution in [-0.2, 0) is 16.8 Å². The van der Waals surface area contributed by atoms with E-state index in [2.05, 4.69) is 4.72 Å². The molecule has 0 bridgehead atoms. The van der Waals surface area contributed by atoms with E-state index in [1.165, 1.54) is 11.4 Å². The normalized spacial score (nSPS) is 16.9. The van der Waals surface area contributed by atoms with Crippen molar-refractivity contribution in [2.45, 2.75) is 25.8 Å². The van der Waals surface area contributed by atoms with Crippen molar-refractivity contribution in [1.29, 1.82) is 0 Å². The summed E-state index contributed by atoms with van der Waals surface area (Å²) in [5.41, 5.74) is 6.90. The van der Waals surface area contributed by atoms with Crippen molar-refractivity contribution in [2.24, 2.45) is 5.73 Å². The molecule has 0 saturated carbocycles. The highest BCUT2D eigenvalue weighted by Crippen LogP contribution is 2.27. The molecule has 2 rings (SSSR count). The third-order valence-electron chi connectivity index (χ3n) is 3.40. The molecule has 0 atom stereocenters. The summed E-state index contributed by atoms with van der Waals surface area (Å²) in [6.45, 7) is 1.52. The number of anilines is 1. The van der Waals surface area contributed by atoms with Crippen LogP contribution in [0.2, 0.25) is 0 Å². The number of benzene rings is 1. The zero-order valence-electron chi connectivity index (χ0n) is 11.6. The van der Waals surface area contributed by atoms with Gasteiger partial charge in [-0.1, -0.05) is 12.5 Å². The van der Waals surface area contributed by atoms with Gasteiger partial charge in [0, 0.05) is 19.6 Å². The second kappa shape index (κ2) is 6.43. The van der Waals surface area contributed by atoms with Gasteiger partial charge in [0.1, 0.15) is 5.75 Å². The average Bonchev–Trinajstić information content (AvgIpc) is 2.48. The maximum Gasteiger partial charge on any atom is 0.301 e. The van der Waals surface area contributed by atoms with Crippen molar-refractivity contribution < 1.29 is 13.2 Å². The number of nitrogens with two attached hydrogens (primary N) is 1. The molecule has 1 aliphatic heterocycles. The molecule has 1 aromatic rings. The molecule has 0 aromatic heterocycles. The smallest absolute Gasteiger partial charge is 0.301 e. The van der Waals surface area contributed by atoms with Gasteiger partial charge >= 0.3 is 10.2 Å². The van der Waals surface area contributed by atoms with E-state index in [1.807, 2.05) is 0 Å². The van der Waals surface area contributed by atoms with Gasteiger partial charge in [0.2, 0.25) is 0 Å². The van der Waals surface area contributed by atoms with Gasteiger partial charge in [0.15, 0.2) is 0 Å². The van der Waals surface area contributed by atoms with Crippen molar-refractivity contribution in [3.63, 3.8) is 0 Å². The van der Waals surface area contributed by atoms with Crippen LogP contribution >= 0.6 is 0 Å². The number of ether oxygens (including phenoxy) is 1. The van der Waals surface area contributed by atoms with Gasteiger partial charge in [-0.15, -0.1) is 0 Å². The molecule has 1 heterocycles. The lowest BCUT2D eigenvalue weighted by Gasteiger charge is -2.26. The Morgan fingerprint density at radius 2 is 2.00 bits per heavy atom. The molecule has 7 heteroatoms. The zero-order valence-corrected chi connectivity index (χ0v) is 12.4. The first-order valence-electron chi connectivity index (χ1n) is 6.71. The molecule has 1 aliphatic rings. The Balaban J connectivity index is 2.19. The summed E-state index contributed by atoms with van der Waals surface area (Å²) >= 11 is 0. The zero-order chi connectivity index (χ0) is 14.6. The monoisotopic (exact) mass is 299 g/mol. The number of rotatable bonds is 5. The quantitative estimate of drug-likeness (QED) is 0.858. The Hall–Kier alpha value is -1.31. The van der Waals surface area contributed by atoms with Crippen molar-refractivity contribution >= 4 is 15.9 Å². The largest absolute Gasteiger partial charge is 0.495 e. The predicted molar refractivity (Wildman–Crippen MR) is 78.9 cm³/mol. The Bertz CT molecular complexity index is 554. The van der Waals surface area contributed by atoms with E-state index in [0.29, 0.717) is 31.1 Å². The molecule has 1 fully saturated rings. The van der Waals surface area contributed by atoms with Gasteiger partial charge < -0.3 is 10.5 Å². The number of hydrogen-bond donors (Lipinski definition) is 2. The second-order valence-corrected chi connectivity index (χ2v) is 6.48. The molecule has 6 nitrogen and oxygen atoms in total. The van der Waals surface area contributed by atoms with Crippen LogP contribution in [-0.4, -0.2) is 32.9 Å². The van der Waals surface area contributed by atoms with Crippen LogP contribution in [0.1, 0.15) is 24.8 Å². The van der Waals surface area contributed by atoms with Gasteiger partial charge in [0.05, 0.1) is 12.8 Å². The molecular formula is C13H21N3O3S. The fourth-order valence-corrected chi connectivity index (χ4v) is 3.57. The Morgan fingerprint density at radius 1 is 1.30 bits per heavy atom. The number of nitrogens with one attached hydrogen (secondary N) is 1. The minimum atomic E-state index is -3.52. The van der Waals surface area contributed by atoms with Crippen LogP contribution in [0.25, 0.3) is 0 Å². The van der Waals surface area contributed by atoms with Crippen LogP contribution in [0, 0.1) is 0 Å². The fourth-order valence-electron chi connectivity index (χ4n) is 2.26. The molecule has 112 valence electrons. The molecule has 0 spiro atoms. The molecule has 0 amide bonds. The second-order valence-electron chi connectivity index (χ2n) is 4.81. The van der Waals surface area contributed by atoms with Crippen LogP contribution < -0.4 is 15.2 Å². The lowest BCUT2D eigenvalue weighted by atomic mass is 10.2. The van der Waals surface area contributed by atoms with Crippen LogP contribution in [0.4, 0.5) is 5.69 Å². The maximum atomic E-state index is 12.3. The predicted octanol–water partition coefficient (Wildman–Crippen LogP) is 1.30. The minimum Gasteiger partial charge on any atom is -0.495 e. The van der Waals surface area contributed by atoms with E-state index in [0.717, 1.165) is 24.8 Å². The summed E-state index contributed by atoms with van der Waals surface area (Å²) in [6.07, 6.45) is 2.90. The third-order valence-corrected chi connectivity index (χ3v) is 4.92. The summed E-state index contributed by atoms with van der Waals surface area (Å²) in [5, 5.41) is 0. The topological polar surface area (TPSA) is 84.7 Å². The average molecular weight is 299 g/mol. The highest BCUT2D eigenvalue weighted by atomic mass is 32.2. The summed E-state index contributed by atoms with van der Waals surface area (Å²) in [4.78, 5) is 0. The summed E-state index contributed by atoms with van der Waals surface area (Å²) in [7, 11) is -2.01. The van der Waals surface area contributed by atoms with Crippen molar-refractivity contribution in [1.82, 2.24) is 4.31 Å². The van der Waals surface area contributed by atoms with Gasteiger partial charge in [-0.3, -0.25) is 4.72 Å². The van der Waals surface area contributed by atoms with Crippen molar-refractivity contribution in [2.75, 3.05) is 24.9 Å². The van der Waals surface area contributed by atoms with E-state index < -0.39 is 10.2 Å². The first-order valence-corrected chi connectivity index (χ1v) is 8.15. The Morgan fingerprint density at radius 3 is 2.60 bits per heavy atom. The van der Waals surface area contributed by atoms with Gasteiger partial charge in [-0.25, -0.2) is 0 Å². The summed E-state index contributed by atoms with van der Waals surface area (Å²) in [5.74, 6) is 0.480. The Labute approximate surface area is 120 Å². The lowest BCUT2D eigenvalue weighted by Crippen LogP contribution is -2.39. The number of piperidine rings is 1. The summed E-state index contributed by atoms with van der Waals surface area (Å²) < 4.78 is 33.9. The minimum absolute atomic E-state index is 0.384. The van der Waals surface area contributed by atoms with E-state index in [1.54, 1.807) is 18.2 Å². The molecular weight excluding hydrogens is 278 g/mol. The van der Waals surface area contributed by atoms with Crippen LogP contribution in [0.5, 0.6) is 5.75 Å². The number of hydrogen-bond acceptors (Lipinski definition) is 4. The highest BCUT2D eigenvalue weighted by Gasteiger charge is 2.24. The lowest BCUT2D eigenvalue weighted by molar-refractivity contribution is 0.348. The maximum absolute atomic E-state index is 12.3. The Kier molecular flexibility index (Phi) is 4.85. The fraction of sp³-hybridized carbons (Fsp3) is 0.538. The SMILES string of the molecule is COc1cc(CN)ccc1NS(=O)(=O)N1CCCCC1. The van der Waals surface area contributed by atoms with Crippen molar-refractivity contribution in [3.8, 4) is 5.75 Å². The highest BCUT2D eigenvalue weighted by molar-refractivity contribution is 7.90. The third kappa shape index (κ3) is 3.41. The van der Waals surface area contributed by atoms with Crippen LogP contribution in [0.15, 0.2) is 18.2 Å². The standard InChI is InChI=1S/C13H21N3O3S/c1-19-13-9-11(10-14)5-6-12(13)15-20(17,18)16-7-3-2-4-8-16/h5-6,9,15H,2-4,7-8,10,14H2,1H3. The first-order chi connectivity index (χ1) is 9.56. The molecule has 20 heavy (non-hydrogen) atoms. The van der Waals surface area contributed by atoms with E-state index in [-0.39, 0.29) is 0 Å². The van der Waals surface area contributed by atoms with E-state index >= 15 is 0 Å². The molecule has 0 aliphatic carbocycles. The van der Waals surface area contributed by atoms with E-state index in [4.69, 9.17) is 10.5 Å². The molecule has 3 N–H and O–H groups in total. The van der Waals surface area contributed by atoms with Gasteiger partial charge in [-0.2, -0.15) is 12.7 Å². The van der Waals surface area contributed by atoms with Crippen molar-refractivity contribution in [3.05, 3.63) is 23.8 Å². The van der Waals surface area contributed by atoms with E-state index in [9.17, 15) is 8.42 Å². The van der Waals surface area contributed by atoms with Crippen LogP contribution in [0.3, 0.4) is 0 Å². The first kappa shape index (κ1) is 15.1. The number of nitrogens with zero attached hydrogens (tertiary/aromatic N) is 1. The molecule has 0 unspecified atom stereocenters.